The van der Waals surface area contributed by atoms with E-state index >= 15 is 0 Å². The summed E-state index contributed by atoms with van der Waals surface area (Å²) in [5.74, 6) is -3.76. The van der Waals surface area contributed by atoms with Gasteiger partial charge in [0.25, 0.3) is 0 Å². The third kappa shape index (κ3) is 3.57. The normalized spacial score (nSPS) is 28.7. The average Bonchev–Trinajstić information content (AvgIpc) is 1.99. The molecule has 0 aromatic heterocycles. The van der Waals surface area contributed by atoms with Crippen LogP contribution in [0.2, 0.25) is 0 Å². The van der Waals surface area contributed by atoms with Crippen molar-refractivity contribution in [1.29, 1.82) is 0 Å². The lowest BCUT2D eigenvalue weighted by atomic mass is 10.2. The molecule has 0 saturated carbocycles. The Labute approximate surface area is 71.1 Å². The molecule has 0 saturated heterocycles. The Bertz CT molecular complexity index is 309. The van der Waals surface area contributed by atoms with Crippen LogP contribution in [0.1, 0.15) is 20.6 Å². The topological polar surface area (TPSA) is 86.6 Å². The molecule has 11 heavy (non-hydrogen) atoms. The molecule has 2 atom stereocenters. The number of carbonyl (C=O) groups is 2. The maximum absolute atomic E-state index is 11.0. The zero-order chi connectivity index (χ0) is 13.4. The standard InChI is InChI=1S/C6H11NO4/c1-3(8)5(6(10)11)7-4(2)9/h3,5,8H,1-2H3,(H,7,9)(H,10,11)/i2D3,3D,5D. The van der Waals surface area contributed by atoms with Gasteiger partial charge in [0.15, 0.2) is 6.02 Å². The molecule has 3 N–H and O–H groups in total. The summed E-state index contributed by atoms with van der Waals surface area (Å²) in [5, 5.41) is 19.0. The minimum Gasteiger partial charge on any atom is -0.480 e. The third-order valence-electron chi connectivity index (χ3n) is 0.814. The molecule has 0 bridgehead atoms. The predicted molar refractivity (Wildman–Crippen MR) is 36.9 cm³/mol. The lowest BCUT2D eigenvalue weighted by Crippen LogP contribution is -2.46. The largest absolute Gasteiger partial charge is 0.480 e. The molecule has 2 unspecified atom stereocenters. The number of aliphatic hydroxyl groups is 1. The fourth-order valence-corrected chi connectivity index (χ4v) is 0.412. The van der Waals surface area contributed by atoms with Gasteiger partial charge in [0.05, 0.1) is 8.82 Å². The van der Waals surface area contributed by atoms with Crippen molar-refractivity contribution in [3.8, 4) is 0 Å². The maximum Gasteiger partial charge on any atom is 0.328 e. The summed E-state index contributed by atoms with van der Waals surface area (Å²) in [5.41, 5.74) is 0. The smallest absolute Gasteiger partial charge is 0.328 e. The van der Waals surface area contributed by atoms with Crippen LogP contribution in [0.3, 0.4) is 0 Å². The van der Waals surface area contributed by atoms with Crippen LogP contribution in [0.4, 0.5) is 0 Å². The summed E-state index contributed by atoms with van der Waals surface area (Å²) in [7, 11) is 0. The summed E-state index contributed by atoms with van der Waals surface area (Å²) in [6.07, 6.45) is -2.89. The van der Waals surface area contributed by atoms with Crippen molar-refractivity contribution < 1.29 is 26.7 Å². The van der Waals surface area contributed by atoms with Crippen LogP contribution >= 0.6 is 0 Å². The van der Waals surface area contributed by atoms with E-state index in [1.165, 1.54) is 5.32 Å². The molecule has 0 heterocycles. The Morgan fingerprint density at radius 2 is 2.27 bits per heavy atom. The van der Waals surface area contributed by atoms with Gasteiger partial charge in [-0.1, -0.05) is 0 Å². The van der Waals surface area contributed by atoms with Crippen molar-refractivity contribution in [2.45, 2.75) is 25.9 Å². The zero-order valence-corrected chi connectivity index (χ0v) is 5.71. The van der Waals surface area contributed by atoms with Crippen molar-refractivity contribution in [2.75, 3.05) is 0 Å². The molecule has 0 aliphatic heterocycles. The van der Waals surface area contributed by atoms with Gasteiger partial charge in [-0.25, -0.2) is 4.79 Å². The molecular formula is C6H11NO4. The molecule has 0 rings (SSSR count). The van der Waals surface area contributed by atoms with Crippen LogP contribution in [-0.2, 0) is 9.59 Å². The quantitative estimate of drug-likeness (QED) is 0.499. The molecular weight excluding hydrogens is 150 g/mol. The Hall–Kier alpha value is -1.10. The van der Waals surface area contributed by atoms with E-state index in [0.29, 0.717) is 6.92 Å². The molecule has 5 heteroatoms. The van der Waals surface area contributed by atoms with E-state index in [1.807, 2.05) is 0 Å². The van der Waals surface area contributed by atoms with Crippen molar-refractivity contribution in [1.82, 2.24) is 5.32 Å². The lowest BCUT2D eigenvalue weighted by Gasteiger charge is -2.15. The number of amides is 1. The maximum atomic E-state index is 11.0. The third-order valence-corrected chi connectivity index (χ3v) is 0.814. The number of carboxylic acids is 1. The van der Waals surface area contributed by atoms with E-state index in [1.54, 1.807) is 0 Å². The number of rotatable bonds is 3. The van der Waals surface area contributed by atoms with Gasteiger partial charge in [0.2, 0.25) is 5.91 Å². The second-order valence-corrected chi connectivity index (χ2v) is 1.72. The molecule has 0 aromatic carbocycles. The van der Waals surface area contributed by atoms with E-state index in [2.05, 4.69) is 0 Å². The SMILES string of the molecule is [2H]C([2H])([2H])C(=O)NC([2H])(C(=O)O)C([2H])(C)O. The summed E-state index contributed by atoms with van der Waals surface area (Å²) in [6.45, 7) is -2.51. The molecule has 0 fully saturated rings. The highest BCUT2D eigenvalue weighted by Crippen LogP contribution is 1.91. The molecule has 0 radical (unpaired) electrons. The summed E-state index contributed by atoms with van der Waals surface area (Å²) in [4.78, 5) is 21.6. The molecule has 0 aliphatic carbocycles. The van der Waals surface area contributed by atoms with Crippen LogP contribution in [0.15, 0.2) is 0 Å². The van der Waals surface area contributed by atoms with Crippen molar-refractivity contribution in [3.63, 3.8) is 0 Å². The van der Waals surface area contributed by atoms with Crippen LogP contribution < -0.4 is 5.32 Å². The highest BCUT2D eigenvalue weighted by atomic mass is 16.4. The number of hydrogen-bond donors (Lipinski definition) is 3. The molecule has 0 spiro atoms. The summed E-state index contributed by atoms with van der Waals surface area (Å²) >= 11 is 0. The van der Waals surface area contributed by atoms with E-state index in [4.69, 9.17) is 17.1 Å². The minimum atomic E-state index is -3.16. The summed E-state index contributed by atoms with van der Waals surface area (Å²) in [6, 6.07) is -3.15. The Balaban J connectivity index is 5.15. The van der Waals surface area contributed by atoms with E-state index < -0.39 is 30.8 Å². The van der Waals surface area contributed by atoms with Gasteiger partial charge in [-0.2, -0.15) is 0 Å². The fourth-order valence-electron chi connectivity index (χ4n) is 0.412. The molecule has 0 aromatic rings. The minimum absolute atomic E-state index is 0.647. The lowest BCUT2D eigenvalue weighted by molar-refractivity contribution is -0.144. The van der Waals surface area contributed by atoms with Gasteiger partial charge in [-0.15, -0.1) is 0 Å². The first-order chi connectivity index (χ1) is 6.82. The van der Waals surface area contributed by atoms with E-state index in [9.17, 15) is 9.59 Å². The second kappa shape index (κ2) is 3.92. The van der Waals surface area contributed by atoms with E-state index in [0.717, 1.165) is 0 Å². The zero-order valence-electron chi connectivity index (χ0n) is 10.7. The molecule has 0 aliphatic rings. The first-order valence-corrected chi connectivity index (χ1v) is 2.61. The second-order valence-electron chi connectivity index (χ2n) is 1.72. The average molecular weight is 166 g/mol. The first-order valence-electron chi connectivity index (χ1n) is 5.11. The van der Waals surface area contributed by atoms with Gasteiger partial charge in [-0.3, -0.25) is 4.79 Å². The van der Waals surface area contributed by atoms with Gasteiger partial charge < -0.3 is 15.5 Å². The first kappa shape index (κ1) is 4.06. The monoisotopic (exact) mass is 166 g/mol. The number of nitrogens with one attached hydrogen (secondary N) is 1. The molecule has 1 amide bonds. The Morgan fingerprint density at radius 1 is 1.73 bits per heavy atom. The van der Waals surface area contributed by atoms with Crippen molar-refractivity contribution in [2.24, 2.45) is 0 Å². The predicted octanol–water partition coefficient (Wildman–Crippen LogP) is -1.04. The van der Waals surface area contributed by atoms with Crippen molar-refractivity contribution in [3.05, 3.63) is 0 Å². The van der Waals surface area contributed by atoms with E-state index in [-0.39, 0.29) is 0 Å². The Morgan fingerprint density at radius 3 is 2.55 bits per heavy atom. The van der Waals surface area contributed by atoms with Crippen LogP contribution in [0.5, 0.6) is 0 Å². The number of carboxylic acid groups (broad SMARTS) is 1. The summed E-state index contributed by atoms with van der Waals surface area (Å²) < 4.78 is 34.2. The highest BCUT2D eigenvalue weighted by Gasteiger charge is 2.23. The Kier molecular flexibility index (Phi) is 1.45. The van der Waals surface area contributed by atoms with Crippen LogP contribution in [-0.4, -0.2) is 34.2 Å². The van der Waals surface area contributed by atoms with Crippen LogP contribution in [0.25, 0.3) is 0 Å². The molecule has 64 valence electrons. The number of aliphatic carboxylic acids is 1. The van der Waals surface area contributed by atoms with Gasteiger partial charge in [0, 0.05) is 11.0 Å². The van der Waals surface area contributed by atoms with Crippen molar-refractivity contribution >= 4 is 11.9 Å². The highest BCUT2D eigenvalue weighted by molar-refractivity contribution is 5.82. The van der Waals surface area contributed by atoms with Gasteiger partial charge >= 0.3 is 5.97 Å². The number of hydrogen-bond acceptors (Lipinski definition) is 3. The van der Waals surface area contributed by atoms with Gasteiger partial charge in [0.1, 0.15) is 0 Å². The van der Waals surface area contributed by atoms with Crippen LogP contribution in [0, 0.1) is 0 Å². The molecule has 5 nitrogen and oxygen atoms in total. The van der Waals surface area contributed by atoms with Gasteiger partial charge in [-0.05, 0) is 6.92 Å². The number of carbonyl (C=O) groups excluding carboxylic acids is 1. The fraction of sp³-hybridized carbons (Fsp3) is 0.667.